The third kappa shape index (κ3) is 4.41. The van der Waals surface area contributed by atoms with Crippen molar-refractivity contribution in [2.75, 3.05) is 11.9 Å². The minimum atomic E-state index is 0.527. The second-order valence-electron chi connectivity index (χ2n) is 6.14. The van der Waals surface area contributed by atoms with Crippen LogP contribution >= 0.6 is 0 Å². The molecule has 0 aliphatic rings. The molecule has 19 heavy (non-hydrogen) atoms. The predicted octanol–water partition coefficient (Wildman–Crippen LogP) is 4.98. The predicted molar refractivity (Wildman–Crippen MR) is 87.0 cm³/mol. The fourth-order valence-corrected chi connectivity index (χ4v) is 2.06. The van der Waals surface area contributed by atoms with Crippen molar-refractivity contribution in [2.45, 2.75) is 53.5 Å². The van der Waals surface area contributed by atoms with Gasteiger partial charge in [-0.1, -0.05) is 38.1 Å². The molecule has 0 aromatic heterocycles. The minimum absolute atomic E-state index is 0.527. The summed E-state index contributed by atoms with van der Waals surface area (Å²) in [6, 6.07) is 7.35. The van der Waals surface area contributed by atoms with Gasteiger partial charge in [0.25, 0.3) is 0 Å². The van der Waals surface area contributed by atoms with Gasteiger partial charge < -0.3 is 4.90 Å². The van der Waals surface area contributed by atoms with E-state index in [1.54, 1.807) is 0 Å². The first-order valence-electron chi connectivity index (χ1n) is 7.33. The van der Waals surface area contributed by atoms with Crippen molar-refractivity contribution in [1.29, 1.82) is 0 Å². The zero-order chi connectivity index (χ0) is 14.6. The Balaban J connectivity index is 2.82. The standard InChI is InChI=1S/C18H29N/c1-13(2)15(5)8-10-17-11-9-16(6)18(12-17)19(7)14(3)4/h9,11-14H,5,8,10H2,1-4,6-7H3. The van der Waals surface area contributed by atoms with Crippen LogP contribution in [-0.2, 0) is 6.42 Å². The summed E-state index contributed by atoms with van der Waals surface area (Å²) in [7, 11) is 2.17. The highest BCUT2D eigenvalue weighted by molar-refractivity contribution is 5.55. The van der Waals surface area contributed by atoms with Crippen LogP contribution in [-0.4, -0.2) is 13.1 Å². The molecule has 1 heteroatoms. The topological polar surface area (TPSA) is 3.24 Å². The summed E-state index contributed by atoms with van der Waals surface area (Å²) in [5.74, 6) is 0.586. The van der Waals surface area contributed by atoms with Crippen LogP contribution in [0.2, 0.25) is 0 Å². The van der Waals surface area contributed by atoms with Crippen LogP contribution < -0.4 is 4.90 Å². The zero-order valence-electron chi connectivity index (χ0n) is 13.5. The van der Waals surface area contributed by atoms with E-state index in [1.165, 1.54) is 22.4 Å². The van der Waals surface area contributed by atoms with E-state index in [4.69, 9.17) is 0 Å². The van der Waals surface area contributed by atoms with Gasteiger partial charge in [-0.15, -0.1) is 0 Å². The van der Waals surface area contributed by atoms with Crippen LogP contribution in [0.15, 0.2) is 30.4 Å². The summed E-state index contributed by atoms with van der Waals surface area (Å²) >= 11 is 0. The van der Waals surface area contributed by atoms with Crippen molar-refractivity contribution < 1.29 is 0 Å². The molecule has 0 aliphatic carbocycles. The van der Waals surface area contributed by atoms with Crippen LogP contribution in [0.1, 0.15) is 45.2 Å². The van der Waals surface area contributed by atoms with Gasteiger partial charge >= 0.3 is 0 Å². The quantitative estimate of drug-likeness (QED) is 0.651. The Kier molecular flexibility index (Phi) is 5.65. The molecule has 0 N–H and O–H groups in total. The molecular formula is C18H29N. The van der Waals surface area contributed by atoms with Crippen molar-refractivity contribution in [3.63, 3.8) is 0 Å². The molecule has 0 saturated heterocycles. The Morgan fingerprint density at radius 2 is 1.84 bits per heavy atom. The van der Waals surface area contributed by atoms with Crippen LogP contribution in [0.4, 0.5) is 5.69 Å². The van der Waals surface area contributed by atoms with Crippen LogP contribution in [0, 0.1) is 12.8 Å². The summed E-state index contributed by atoms with van der Waals surface area (Å²) < 4.78 is 0. The van der Waals surface area contributed by atoms with E-state index in [-0.39, 0.29) is 0 Å². The number of nitrogens with zero attached hydrogens (tertiary/aromatic N) is 1. The monoisotopic (exact) mass is 259 g/mol. The summed E-state index contributed by atoms with van der Waals surface area (Å²) in [6.07, 6.45) is 2.18. The fourth-order valence-electron chi connectivity index (χ4n) is 2.06. The van der Waals surface area contributed by atoms with E-state index in [0.717, 1.165) is 12.8 Å². The SMILES string of the molecule is C=C(CCc1ccc(C)c(N(C)C(C)C)c1)C(C)C. The van der Waals surface area contributed by atoms with Crippen molar-refractivity contribution in [3.05, 3.63) is 41.5 Å². The summed E-state index contributed by atoms with van der Waals surface area (Å²) in [5, 5.41) is 0. The Morgan fingerprint density at radius 3 is 2.37 bits per heavy atom. The summed E-state index contributed by atoms with van der Waals surface area (Å²) in [5.41, 5.74) is 5.46. The minimum Gasteiger partial charge on any atom is -0.372 e. The number of aryl methyl sites for hydroxylation is 2. The summed E-state index contributed by atoms with van der Waals surface area (Å²) in [4.78, 5) is 2.34. The van der Waals surface area contributed by atoms with Gasteiger partial charge in [-0.25, -0.2) is 0 Å². The fraction of sp³-hybridized carbons (Fsp3) is 0.556. The summed E-state index contributed by atoms with van der Waals surface area (Å²) in [6.45, 7) is 15.2. The molecule has 0 bridgehead atoms. The number of allylic oxidation sites excluding steroid dienone is 1. The Morgan fingerprint density at radius 1 is 1.21 bits per heavy atom. The largest absolute Gasteiger partial charge is 0.372 e. The maximum atomic E-state index is 4.16. The van der Waals surface area contributed by atoms with Crippen molar-refractivity contribution in [3.8, 4) is 0 Å². The molecule has 0 fully saturated rings. The molecular weight excluding hydrogens is 230 g/mol. The van der Waals surface area contributed by atoms with E-state index in [9.17, 15) is 0 Å². The van der Waals surface area contributed by atoms with E-state index in [2.05, 4.69) is 71.3 Å². The van der Waals surface area contributed by atoms with Gasteiger partial charge in [0, 0.05) is 18.8 Å². The molecule has 0 atom stereocenters. The van der Waals surface area contributed by atoms with Gasteiger partial charge in [0.15, 0.2) is 0 Å². The Bertz CT molecular complexity index is 429. The lowest BCUT2D eigenvalue weighted by Crippen LogP contribution is -2.26. The van der Waals surface area contributed by atoms with Gasteiger partial charge in [-0.3, -0.25) is 0 Å². The third-order valence-electron chi connectivity index (χ3n) is 3.98. The third-order valence-corrected chi connectivity index (χ3v) is 3.98. The second kappa shape index (κ2) is 6.79. The van der Waals surface area contributed by atoms with Crippen LogP contribution in [0.3, 0.4) is 0 Å². The van der Waals surface area contributed by atoms with Crippen molar-refractivity contribution in [1.82, 2.24) is 0 Å². The zero-order valence-corrected chi connectivity index (χ0v) is 13.5. The number of anilines is 1. The molecule has 0 saturated carbocycles. The molecule has 0 spiro atoms. The number of rotatable bonds is 6. The van der Waals surface area contributed by atoms with E-state index in [0.29, 0.717) is 12.0 Å². The molecule has 0 amide bonds. The number of hydrogen-bond donors (Lipinski definition) is 0. The van der Waals surface area contributed by atoms with Crippen LogP contribution in [0.5, 0.6) is 0 Å². The Hall–Kier alpha value is -1.24. The maximum Gasteiger partial charge on any atom is 0.0398 e. The molecule has 0 heterocycles. The molecule has 106 valence electrons. The lowest BCUT2D eigenvalue weighted by atomic mass is 9.96. The van der Waals surface area contributed by atoms with Gasteiger partial charge in [-0.05, 0) is 56.7 Å². The lowest BCUT2D eigenvalue weighted by molar-refractivity contribution is 0.712. The van der Waals surface area contributed by atoms with Gasteiger partial charge in [0.2, 0.25) is 0 Å². The van der Waals surface area contributed by atoms with Crippen LogP contribution in [0.25, 0.3) is 0 Å². The lowest BCUT2D eigenvalue weighted by Gasteiger charge is -2.26. The maximum absolute atomic E-state index is 4.16. The van der Waals surface area contributed by atoms with E-state index in [1.807, 2.05) is 0 Å². The molecule has 1 aromatic rings. The average molecular weight is 259 g/mol. The van der Waals surface area contributed by atoms with Gasteiger partial charge in [-0.2, -0.15) is 0 Å². The van der Waals surface area contributed by atoms with Gasteiger partial charge in [0.1, 0.15) is 0 Å². The average Bonchev–Trinajstić information content (AvgIpc) is 2.36. The normalized spacial score (nSPS) is 11.2. The van der Waals surface area contributed by atoms with Gasteiger partial charge in [0.05, 0.1) is 0 Å². The molecule has 1 aromatic carbocycles. The number of benzene rings is 1. The van der Waals surface area contributed by atoms with E-state index >= 15 is 0 Å². The smallest absolute Gasteiger partial charge is 0.0398 e. The Labute approximate surface area is 119 Å². The first-order chi connectivity index (χ1) is 8.82. The first-order valence-corrected chi connectivity index (χ1v) is 7.33. The molecule has 1 nitrogen and oxygen atoms in total. The van der Waals surface area contributed by atoms with E-state index < -0.39 is 0 Å². The second-order valence-corrected chi connectivity index (χ2v) is 6.14. The first kappa shape index (κ1) is 15.8. The highest BCUT2D eigenvalue weighted by atomic mass is 15.1. The highest BCUT2D eigenvalue weighted by Gasteiger charge is 2.09. The van der Waals surface area contributed by atoms with Crippen molar-refractivity contribution >= 4 is 5.69 Å². The molecule has 0 aliphatic heterocycles. The van der Waals surface area contributed by atoms with Crippen molar-refractivity contribution in [2.24, 2.45) is 5.92 Å². The molecule has 0 radical (unpaired) electrons. The molecule has 0 unspecified atom stereocenters. The highest BCUT2D eigenvalue weighted by Crippen LogP contribution is 2.24. The molecule has 1 rings (SSSR count). The number of hydrogen-bond acceptors (Lipinski definition) is 1.